The molecule has 0 nitrogen and oxygen atoms in total. The van der Waals surface area contributed by atoms with Crippen LogP contribution in [-0.2, 0) is 0 Å². The zero-order valence-electron chi connectivity index (χ0n) is 11.8. The van der Waals surface area contributed by atoms with Gasteiger partial charge in [-0.25, -0.2) is 0 Å². The van der Waals surface area contributed by atoms with Crippen LogP contribution in [0.3, 0.4) is 0 Å². The predicted molar refractivity (Wildman–Crippen MR) is 78.1 cm³/mol. The van der Waals surface area contributed by atoms with Crippen LogP contribution in [0.2, 0.25) is 0 Å². The Balaban J connectivity index is 2.60. The molecule has 0 amide bonds. The number of rotatable bonds is 7. The van der Waals surface area contributed by atoms with E-state index in [0.717, 1.165) is 5.92 Å². The standard InChI is InChI=1S/C17H28/c1-5-14(6-2)13-15-9-11-17(12-10-15)16(7-3)8-4/h5,9,11,14,16H,1,6-8,10,12-13H2,2-4H3. The summed E-state index contributed by atoms with van der Waals surface area (Å²) in [5.74, 6) is 1.48. The summed E-state index contributed by atoms with van der Waals surface area (Å²) in [7, 11) is 0. The molecule has 1 unspecified atom stereocenters. The molecule has 96 valence electrons. The Morgan fingerprint density at radius 2 is 1.82 bits per heavy atom. The molecular formula is C17H28. The van der Waals surface area contributed by atoms with Gasteiger partial charge in [-0.2, -0.15) is 0 Å². The number of hydrogen-bond acceptors (Lipinski definition) is 0. The molecule has 0 N–H and O–H groups in total. The minimum atomic E-state index is 0.671. The Hall–Kier alpha value is -0.780. The maximum Gasteiger partial charge on any atom is -0.0201 e. The van der Waals surface area contributed by atoms with E-state index in [1.807, 2.05) is 0 Å². The fourth-order valence-electron chi connectivity index (χ4n) is 2.75. The lowest BCUT2D eigenvalue weighted by Crippen LogP contribution is -2.06. The minimum absolute atomic E-state index is 0.671. The van der Waals surface area contributed by atoms with Gasteiger partial charge in [0.15, 0.2) is 0 Å². The highest BCUT2D eigenvalue weighted by atomic mass is 14.2. The van der Waals surface area contributed by atoms with Crippen LogP contribution in [0.1, 0.15) is 59.3 Å². The average molecular weight is 232 g/mol. The van der Waals surface area contributed by atoms with Crippen molar-refractivity contribution in [1.29, 1.82) is 0 Å². The second-order valence-electron chi connectivity index (χ2n) is 5.19. The molecule has 0 bridgehead atoms. The predicted octanol–water partition coefficient (Wildman–Crippen LogP) is 5.67. The third kappa shape index (κ3) is 4.18. The van der Waals surface area contributed by atoms with Crippen molar-refractivity contribution >= 4 is 0 Å². The molecule has 0 aromatic heterocycles. The van der Waals surface area contributed by atoms with E-state index in [0.29, 0.717) is 5.92 Å². The molecule has 0 heteroatoms. The highest BCUT2D eigenvalue weighted by Crippen LogP contribution is 2.31. The van der Waals surface area contributed by atoms with Crippen molar-refractivity contribution in [2.45, 2.75) is 59.3 Å². The van der Waals surface area contributed by atoms with Crippen molar-refractivity contribution in [2.75, 3.05) is 0 Å². The number of allylic oxidation sites excluding steroid dienone is 5. The molecular weight excluding hydrogens is 204 g/mol. The van der Waals surface area contributed by atoms with E-state index in [1.54, 1.807) is 11.1 Å². The summed E-state index contributed by atoms with van der Waals surface area (Å²) >= 11 is 0. The lowest BCUT2D eigenvalue weighted by atomic mass is 9.83. The van der Waals surface area contributed by atoms with E-state index in [1.165, 1.54) is 38.5 Å². The second kappa shape index (κ2) is 7.53. The molecule has 1 atom stereocenters. The topological polar surface area (TPSA) is 0 Å². The van der Waals surface area contributed by atoms with Gasteiger partial charge in [0.1, 0.15) is 0 Å². The summed E-state index contributed by atoms with van der Waals surface area (Å²) in [4.78, 5) is 0. The monoisotopic (exact) mass is 232 g/mol. The number of hydrogen-bond donors (Lipinski definition) is 0. The molecule has 1 aliphatic carbocycles. The van der Waals surface area contributed by atoms with Crippen LogP contribution in [0.25, 0.3) is 0 Å². The maximum atomic E-state index is 3.92. The van der Waals surface area contributed by atoms with E-state index in [2.05, 4.69) is 45.6 Å². The van der Waals surface area contributed by atoms with Crippen LogP contribution >= 0.6 is 0 Å². The summed E-state index contributed by atoms with van der Waals surface area (Å²) in [5.41, 5.74) is 3.29. The molecule has 0 aromatic carbocycles. The lowest BCUT2D eigenvalue weighted by molar-refractivity contribution is 0.537. The third-order valence-corrected chi connectivity index (χ3v) is 4.16. The van der Waals surface area contributed by atoms with E-state index in [4.69, 9.17) is 0 Å². The fraction of sp³-hybridized carbons (Fsp3) is 0.647. The van der Waals surface area contributed by atoms with Gasteiger partial charge in [-0.05, 0) is 50.4 Å². The quantitative estimate of drug-likeness (QED) is 0.496. The Morgan fingerprint density at radius 1 is 1.12 bits per heavy atom. The van der Waals surface area contributed by atoms with Crippen LogP contribution in [0.4, 0.5) is 0 Å². The van der Waals surface area contributed by atoms with E-state index < -0.39 is 0 Å². The van der Waals surface area contributed by atoms with Gasteiger partial charge < -0.3 is 0 Å². The van der Waals surface area contributed by atoms with Crippen LogP contribution < -0.4 is 0 Å². The second-order valence-corrected chi connectivity index (χ2v) is 5.19. The smallest absolute Gasteiger partial charge is 0.0201 e. The van der Waals surface area contributed by atoms with E-state index in [9.17, 15) is 0 Å². The normalized spacial score (nSPS) is 17.6. The van der Waals surface area contributed by atoms with Gasteiger partial charge in [0.25, 0.3) is 0 Å². The van der Waals surface area contributed by atoms with Crippen LogP contribution in [0.15, 0.2) is 36.0 Å². The van der Waals surface area contributed by atoms with Crippen molar-refractivity contribution in [3.63, 3.8) is 0 Å². The van der Waals surface area contributed by atoms with E-state index >= 15 is 0 Å². The van der Waals surface area contributed by atoms with Gasteiger partial charge in [0.05, 0.1) is 0 Å². The molecule has 0 fully saturated rings. The van der Waals surface area contributed by atoms with Crippen LogP contribution in [0.5, 0.6) is 0 Å². The fourth-order valence-corrected chi connectivity index (χ4v) is 2.75. The Morgan fingerprint density at radius 3 is 2.24 bits per heavy atom. The molecule has 0 spiro atoms. The zero-order valence-corrected chi connectivity index (χ0v) is 11.8. The first-order valence-electron chi connectivity index (χ1n) is 7.26. The average Bonchev–Trinajstić information content (AvgIpc) is 2.39. The van der Waals surface area contributed by atoms with Crippen LogP contribution in [0, 0.1) is 11.8 Å². The molecule has 0 aromatic rings. The van der Waals surface area contributed by atoms with Gasteiger partial charge >= 0.3 is 0 Å². The van der Waals surface area contributed by atoms with E-state index in [-0.39, 0.29) is 0 Å². The van der Waals surface area contributed by atoms with Gasteiger partial charge in [0, 0.05) is 0 Å². The highest BCUT2D eigenvalue weighted by Gasteiger charge is 2.14. The minimum Gasteiger partial charge on any atom is -0.103 e. The first-order chi connectivity index (χ1) is 8.24. The van der Waals surface area contributed by atoms with Crippen molar-refractivity contribution in [3.8, 4) is 0 Å². The van der Waals surface area contributed by atoms with Crippen molar-refractivity contribution in [3.05, 3.63) is 36.0 Å². The molecule has 0 saturated heterocycles. The highest BCUT2D eigenvalue weighted by molar-refractivity contribution is 5.26. The summed E-state index contributed by atoms with van der Waals surface area (Å²) in [6.45, 7) is 10.8. The molecule has 0 radical (unpaired) electrons. The molecule has 0 aliphatic heterocycles. The largest absolute Gasteiger partial charge is 0.103 e. The molecule has 0 heterocycles. The third-order valence-electron chi connectivity index (χ3n) is 4.16. The van der Waals surface area contributed by atoms with Crippen molar-refractivity contribution in [2.24, 2.45) is 11.8 Å². The van der Waals surface area contributed by atoms with Crippen molar-refractivity contribution in [1.82, 2.24) is 0 Å². The summed E-state index contributed by atoms with van der Waals surface area (Å²) in [6.07, 6.45) is 14.4. The SMILES string of the molecule is C=CC(CC)CC1=CC=C(C(CC)CC)CC1. The summed E-state index contributed by atoms with van der Waals surface area (Å²) in [6, 6.07) is 0. The van der Waals surface area contributed by atoms with Gasteiger partial charge in [-0.15, -0.1) is 6.58 Å². The molecule has 1 aliphatic rings. The van der Waals surface area contributed by atoms with Crippen LogP contribution in [-0.4, -0.2) is 0 Å². The summed E-state index contributed by atoms with van der Waals surface area (Å²) < 4.78 is 0. The Kier molecular flexibility index (Phi) is 6.32. The molecule has 0 saturated carbocycles. The van der Waals surface area contributed by atoms with Gasteiger partial charge in [0.2, 0.25) is 0 Å². The van der Waals surface area contributed by atoms with Crippen molar-refractivity contribution < 1.29 is 0 Å². The lowest BCUT2D eigenvalue weighted by Gasteiger charge is -2.22. The zero-order chi connectivity index (χ0) is 12.7. The Labute approximate surface area is 108 Å². The maximum absolute atomic E-state index is 3.92. The molecule has 1 rings (SSSR count). The Bertz CT molecular complexity index is 289. The molecule has 17 heavy (non-hydrogen) atoms. The van der Waals surface area contributed by atoms with Gasteiger partial charge in [-0.1, -0.05) is 50.1 Å². The first-order valence-corrected chi connectivity index (χ1v) is 7.26. The summed E-state index contributed by atoms with van der Waals surface area (Å²) in [5, 5.41) is 0. The first kappa shape index (κ1) is 14.3. The van der Waals surface area contributed by atoms with Gasteiger partial charge in [-0.3, -0.25) is 0 Å².